The van der Waals surface area contributed by atoms with Gasteiger partial charge in [-0.2, -0.15) is 5.26 Å². The number of benzene rings is 1. The molecule has 0 saturated heterocycles. The number of hydrogen-bond acceptors (Lipinski definition) is 6. The first kappa shape index (κ1) is 18.4. The quantitative estimate of drug-likeness (QED) is 0.827. The van der Waals surface area contributed by atoms with Crippen molar-refractivity contribution in [1.82, 2.24) is 0 Å². The Labute approximate surface area is 147 Å². The van der Waals surface area contributed by atoms with Gasteiger partial charge >= 0.3 is 5.97 Å². The first-order valence-electron chi connectivity index (χ1n) is 8.10. The molecule has 0 saturated carbocycles. The fourth-order valence-corrected chi connectivity index (χ4v) is 2.93. The summed E-state index contributed by atoms with van der Waals surface area (Å²) in [7, 11) is 1.59. The fraction of sp³-hybridized carbons (Fsp3) is 0.368. The lowest BCUT2D eigenvalue weighted by atomic mass is 9.82. The van der Waals surface area contributed by atoms with Crippen molar-refractivity contribution < 1.29 is 19.0 Å². The van der Waals surface area contributed by atoms with E-state index in [1.54, 1.807) is 20.1 Å². The van der Waals surface area contributed by atoms with Crippen LogP contribution in [0.5, 0.6) is 5.75 Å². The summed E-state index contributed by atoms with van der Waals surface area (Å²) in [4.78, 5) is 12.6. The molecule has 1 aliphatic rings. The SMILES string of the molecule is CCOC(=O)C1=C(CC)OC(N)=C(C#N)[C@@H]1c1ccc(OC)c(C)c1. The van der Waals surface area contributed by atoms with Gasteiger partial charge in [0.1, 0.15) is 23.2 Å². The van der Waals surface area contributed by atoms with Crippen molar-refractivity contribution in [2.24, 2.45) is 5.73 Å². The van der Waals surface area contributed by atoms with Crippen LogP contribution in [0.15, 0.2) is 41.0 Å². The zero-order valence-electron chi connectivity index (χ0n) is 14.9. The van der Waals surface area contributed by atoms with E-state index in [0.717, 1.165) is 16.9 Å². The zero-order valence-corrected chi connectivity index (χ0v) is 14.9. The van der Waals surface area contributed by atoms with E-state index >= 15 is 0 Å². The molecular weight excluding hydrogens is 320 g/mol. The van der Waals surface area contributed by atoms with Gasteiger partial charge in [-0.05, 0) is 31.0 Å². The number of rotatable bonds is 5. The lowest BCUT2D eigenvalue weighted by molar-refractivity contribution is -0.139. The van der Waals surface area contributed by atoms with Gasteiger partial charge in [0.15, 0.2) is 0 Å². The molecule has 6 heteroatoms. The third kappa shape index (κ3) is 3.45. The Morgan fingerprint density at radius 1 is 1.40 bits per heavy atom. The van der Waals surface area contributed by atoms with Crippen LogP contribution in [0.3, 0.4) is 0 Å². The summed E-state index contributed by atoms with van der Waals surface area (Å²) in [6, 6.07) is 7.58. The molecule has 1 atom stereocenters. The summed E-state index contributed by atoms with van der Waals surface area (Å²) in [5, 5.41) is 9.58. The van der Waals surface area contributed by atoms with Gasteiger partial charge in [-0.1, -0.05) is 19.1 Å². The maximum Gasteiger partial charge on any atom is 0.338 e. The molecule has 25 heavy (non-hydrogen) atoms. The molecule has 0 aromatic heterocycles. The van der Waals surface area contributed by atoms with Gasteiger partial charge in [0.25, 0.3) is 0 Å². The number of carbonyl (C=O) groups excluding carboxylic acids is 1. The summed E-state index contributed by atoms with van der Waals surface area (Å²) < 4.78 is 16.0. The van der Waals surface area contributed by atoms with Crippen LogP contribution < -0.4 is 10.5 Å². The van der Waals surface area contributed by atoms with Crippen LogP contribution >= 0.6 is 0 Å². The first-order chi connectivity index (χ1) is 12.0. The Bertz CT molecular complexity index is 787. The topological polar surface area (TPSA) is 94.6 Å². The monoisotopic (exact) mass is 342 g/mol. The number of allylic oxidation sites excluding steroid dienone is 2. The van der Waals surface area contributed by atoms with E-state index in [0.29, 0.717) is 17.8 Å². The predicted octanol–water partition coefficient (Wildman–Crippen LogP) is 3.04. The van der Waals surface area contributed by atoms with Crippen molar-refractivity contribution in [3.8, 4) is 11.8 Å². The summed E-state index contributed by atoms with van der Waals surface area (Å²) in [5.74, 6) is 0.0402. The molecule has 2 rings (SSSR count). The minimum absolute atomic E-state index is 0.0193. The van der Waals surface area contributed by atoms with Crippen LogP contribution in [-0.4, -0.2) is 19.7 Å². The van der Waals surface area contributed by atoms with Crippen LogP contribution in [-0.2, 0) is 14.3 Å². The molecule has 0 bridgehead atoms. The number of aryl methyl sites for hydroxylation is 1. The second kappa shape index (κ2) is 7.75. The first-order valence-corrected chi connectivity index (χ1v) is 8.10. The third-order valence-electron chi connectivity index (χ3n) is 4.07. The van der Waals surface area contributed by atoms with Gasteiger partial charge in [0.05, 0.1) is 25.2 Å². The van der Waals surface area contributed by atoms with E-state index < -0.39 is 11.9 Å². The van der Waals surface area contributed by atoms with E-state index in [1.165, 1.54) is 0 Å². The Morgan fingerprint density at radius 3 is 2.64 bits per heavy atom. The molecule has 0 fully saturated rings. The highest BCUT2D eigenvalue weighted by Gasteiger charge is 2.37. The van der Waals surface area contributed by atoms with Crippen molar-refractivity contribution in [2.45, 2.75) is 33.1 Å². The summed E-state index contributed by atoms with van der Waals surface area (Å²) in [6.45, 7) is 5.72. The summed E-state index contributed by atoms with van der Waals surface area (Å²) in [5.41, 5.74) is 8.11. The lowest BCUT2D eigenvalue weighted by Crippen LogP contribution is -2.26. The smallest absolute Gasteiger partial charge is 0.338 e. The summed E-state index contributed by atoms with van der Waals surface area (Å²) >= 11 is 0. The van der Waals surface area contributed by atoms with Gasteiger partial charge in [-0.15, -0.1) is 0 Å². The minimum atomic E-state index is -0.627. The molecule has 0 radical (unpaired) electrons. The normalized spacial score (nSPS) is 17.0. The number of methoxy groups -OCH3 is 1. The fourth-order valence-electron chi connectivity index (χ4n) is 2.93. The Hall–Kier alpha value is -2.94. The minimum Gasteiger partial charge on any atom is -0.496 e. The van der Waals surface area contributed by atoms with Gasteiger partial charge < -0.3 is 19.9 Å². The lowest BCUT2D eigenvalue weighted by Gasteiger charge is -2.28. The van der Waals surface area contributed by atoms with Crippen LogP contribution in [0, 0.1) is 18.3 Å². The molecule has 132 valence electrons. The molecule has 0 amide bonds. The molecule has 0 aliphatic carbocycles. The standard InChI is InChI=1S/C19H22N2O4/c1-5-14-17(19(22)24-6-2)16(13(10-20)18(21)25-14)12-7-8-15(23-4)11(3)9-12/h7-9,16H,5-6,21H2,1-4H3/t16-/m0/s1. The Balaban J connectivity index is 2.66. The molecule has 1 heterocycles. The van der Waals surface area contributed by atoms with E-state index in [1.807, 2.05) is 26.0 Å². The van der Waals surface area contributed by atoms with Crippen molar-refractivity contribution in [1.29, 1.82) is 5.26 Å². The number of nitriles is 1. The van der Waals surface area contributed by atoms with Gasteiger partial charge in [0, 0.05) is 6.42 Å². The highest BCUT2D eigenvalue weighted by Crippen LogP contribution is 2.41. The molecule has 0 unspecified atom stereocenters. The second-order valence-corrected chi connectivity index (χ2v) is 5.56. The molecule has 1 aromatic rings. The van der Waals surface area contributed by atoms with Crippen molar-refractivity contribution in [3.05, 3.63) is 52.1 Å². The average molecular weight is 342 g/mol. The Kier molecular flexibility index (Phi) is 5.71. The molecule has 1 aromatic carbocycles. The van der Waals surface area contributed by atoms with Crippen LogP contribution in [0.4, 0.5) is 0 Å². The van der Waals surface area contributed by atoms with Crippen molar-refractivity contribution in [3.63, 3.8) is 0 Å². The predicted molar refractivity (Wildman–Crippen MR) is 92.3 cm³/mol. The Morgan fingerprint density at radius 2 is 2.12 bits per heavy atom. The number of carbonyl (C=O) groups is 1. The highest BCUT2D eigenvalue weighted by atomic mass is 16.5. The number of nitrogens with two attached hydrogens (primary N) is 1. The average Bonchev–Trinajstić information content (AvgIpc) is 2.60. The summed E-state index contributed by atoms with van der Waals surface area (Å²) in [6.07, 6.45) is 0.458. The molecule has 6 nitrogen and oxygen atoms in total. The van der Waals surface area contributed by atoms with Gasteiger partial charge in [-0.25, -0.2) is 4.79 Å². The highest BCUT2D eigenvalue weighted by molar-refractivity contribution is 5.92. The number of hydrogen-bond donors (Lipinski definition) is 1. The maximum atomic E-state index is 12.6. The van der Waals surface area contributed by atoms with E-state index in [-0.39, 0.29) is 18.1 Å². The van der Waals surface area contributed by atoms with E-state index in [4.69, 9.17) is 19.9 Å². The van der Waals surface area contributed by atoms with Crippen LogP contribution in [0.2, 0.25) is 0 Å². The van der Waals surface area contributed by atoms with E-state index in [9.17, 15) is 10.1 Å². The second-order valence-electron chi connectivity index (χ2n) is 5.56. The maximum absolute atomic E-state index is 12.6. The number of nitrogens with zero attached hydrogens (tertiary/aromatic N) is 1. The van der Waals surface area contributed by atoms with Crippen LogP contribution in [0.25, 0.3) is 0 Å². The largest absolute Gasteiger partial charge is 0.496 e. The van der Waals surface area contributed by atoms with Gasteiger partial charge in [-0.3, -0.25) is 0 Å². The molecular formula is C19H22N2O4. The van der Waals surface area contributed by atoms with Crippen molar-refractivity contribution >= 4 is 5.97 Å². The molecule has 2 N–H and O–H groups in total. The number of ether oxygens (including phenoxy) is 3. The van der Waals surface area contributed by atoms with Crippen LogP contribution in [0.1, 0.15) is 37.3 Å². The number of esters is 1. The molecule has 0 spiro atoms. The van der Waals surface area contributed by atoms with Crippen molar-refractivity contribution in [2.75, 3.05) is 13.7 Å². The van der Waals surface area contributed by atoms with Gasteiger partial charge in [0.2, 0.25) is 5.88 Å². The zero-order chi connectivity index (χ0) is 18.6. The molecule has 1 aliphatic heterocycles. The van der Waals surface area contributed by atoms with E-state index in [2.05, 4.69) is 6.07 Å². The third-order valence-corrected chi connectivity index (χ3v) is 4.07.